The van der Waals surface area contributed by atoms with Gasteiger partial charge in [-0.15, -0.1) is 0 Å². The quantitative estimate of drug-likeness (QED) is 0.747. The highest BCUT2D eigenvalue weighted by Gasteiger charge is 2.10. The maximum absolute atomic E-state index is 11.7. The van der Waals surface area contributed by atoms with Crippen molar-refractivity contribution in [2.75, 3.05) is 32.8 Å². The van der Waals surface area contributed by atoms with Crippen LogP contribution in [-0.4, -0.2) is 43.6 Å². The molecule has 1 heterocycles. The van der Waals surface area contributed by atoms with Crippen LogP contribution in [0.25, 0.3) is 0 Å². The number of nitrogens with zero attached hydrogens (tertiary/aromatic N) is 1. The van der Waals surface area contributed by atoms with Crippen molar-refractivity contribution in [2.24, 2.45) is 0 Å². The number of amides is 1. The number of ether oxygens (including phenoxy) is 1. The maximum atomic E-state index is 11.7. The van der Waals surface area contributed by atoms with Gasteiger partial charge in [0.25, 0.3) is 5.91 Å². The number of carbonyl (C=O) groups is 1. The third-order valence-corrected chi connectivity index (χ3v) is 3.87. The molecule has 0 radical (unpaired) electrons. The van der Waals surface area contributed by atoms with E-state index < -0.39 is 0 Å². The topological polar surface area (TPSA) is 41.6 Å². The minimum Gasteiger partial charge on any atom is -0.484 e. The first-order valence-corrected chi connectivity index (χ1v) is 7.93. The monoisotopic (exact) mass is 290 g/mol. The minimum absolute atomic E-state index is 0.0422. The molecule has 21 heavy (non-hydrogen) atoms. The number of carbonyl (C=O) groups excluding carboxylic acids is 1. The second-order valence-corrected chi connectivity index (χ2v) is 5.66. The highest BCUT2D eigenvalue weighted by atomic mass is 16.5. The molecule has 4 heteroatoms. The summed E-state index contributed by atoms with van der Waals surface area (Å²) in [5, 5.41) is 2.92. The van der Waals surface area contributed by atoms with Gasteiger partial charge in [0, 0.05) is 6.54 Å². The number of likely N-dealkylation sites (tertiary alicyclic amines) is 1. The number of unbranched alkanes of at least 4 members (excludes halogenated alkanes) is 1. The molecule has 1 amide bonds. The van der Waals surface area contributed by atoms with Gasteiger partial charge in [0.05, 0.1) is 0 Å². The fraction of sp³-hybridized carbons (Fsp3) is 0.588. The fourth-order valence-electron chi connectivity index (χ4n) is 2.61. The van der Waals surface area contributed by atoms with Gasteiger partial charge >= 0.3 is 0 Å². The molecule has 1 aliphatic heterocycles. The van der Waals surface area contributed by atoms with Crippen LogP contribution in [0.1, 0.15) is 31.2 Å². The van der Waals surface area contributed by atoms with Crippen molar-refractivity contribution in [2.45, 2.75) is 32.6 Å². The van der Waals surface area contributed by atoms with Gasteiger partial charge in [-0.3, -0.25) is 4.79 Å². The van der Waals surface area contributed by atoms with Gasteiger partial charge < -0.3 is 15.0 Å². The van der Waals surface area contributed by atoms with Crippen molar-refractivity contribution >= 4 is 5.91 Å². The Balaban J connectivity index is 1.52. The highest BCUT2D eigenvalue weighted by molar-refractivity contribution is 5.77. The highest BCUT2D eigenvalue weighted by Crippen LogP contribution is 2.15. The van der Waals surface area contributed by atoms with Gasteiger partial charge in [-0.2, -0.15) is 0 Å². The second kappa shape index (κ2) is 8.67. The number of rotatable bonds is 8. The molecule has 1 aromatic rings. The van der Waals surface area contributed by atoms with E-state index in [4.69, 9.17) is 4.74 Å². The molecule has 2 rings (SSSR count). The van der Waals surface area contributed by atoms with E-state index in [1.54, 1.807) is 0 Å². The van der Waals surface area contributed by atoms with Crippen LogP contribution in [0, 0.1) is 6.92 Å². The first-order chi connectivity index (χ1) is 10.3. The van der Waals surface area contributed by atoms with Crippen molar-refractivity contribution in [3.63, 3.8) is 0 Å². The summed E-state index contributed by atoms with van der Waals surface area (Å²) in [7, 11) is 0. The number of nitrogens with one attached hydrogen (secondary N) is 1. The smallest absolute Gasteiger partial charge is 0.257 e. The Morgan fingerprint density at radius 2 is 2.00 bits per heavy atom. The van der Waals surface area contributed by atoms with Crippen LogP contribution >= 0.6 is 0 Å². The van der Waals surface area contributed by atoms with Gasteiger partial charge in [-0.05, 0) is 63.9 Å². The summed E-state index contributed by atoms with van der Waals surface area (Å²) in [4.78, 5) is 14.2. The standard InChI is InChI=1S/C17H26N2O2/c1-15-8-2-3-9-16(15)21-14-17(20)18-10-4-5-11-19-12-6-7-13-19/h2-3,8-9H,4-7,10-14H2,1H3,(H,18,20). The van der Waals surface area contributed by atoms with Gasteiger partial charge in [0.2, 0.25) is 0 Å². The maximum Gasteiger partial charge on any atom is 0.257 e. The number of aryl methyl sites for hydroxylation is 1. The summed E-state index contributed by atoms with van der Waals surface area (Å²) in [6.07, 6.45) is 4.87. The predicted molar refractivity (Wildman–Crippen MR) is 84.6 cm³/mol. The zero-order chi connectivity index (χ0) is 14.9. The number of benzene rings is 1. The lowest BCUT2D eigenvalue weighted by Gasteiger charge is -2.14. The number of hydrogen-bond donors (Lipinski definition) is 1. The molecule has 1 aliphatic rings. The van der Waals surface area contributed by atoms with Crippen molar-refractivity contribution < 1.29 is 9.53 Å². The molecule has 0 saturated carbocycles. The van der Waals surface area contributed by atoms with E-state index in [2.05, 4.69) is 10.2 Å². The molecule has 1 aromatic carbocycles. The summed E-state index contributed by atoms with van der Waals surface area (Å²) in [5.74, 6) is 0.737. The van der Waals surface area contributed by atoms with E-state index in [0.29, 0.717) is 0 Å². The van der Waals surface area contributed by atoms with E-state index in [-0.39, 0.29) is 12.5 Å². The van der Waals surface area contributed by atoms with E-state index in [1.165, 1.54) is 25.9 Å². The van der Waals surface area contributed by atoms with Crippen LogP contribution in [0.5, 0.6) is 5.75 Å². The normalized spacial score (nSPS) is 15.1. The van der Waals surface area contributed by atoms with Gasteiger partial charge in [-0.25, -0.2) is 0 Å². The molecule has 1 saturated heterocycles. The largest absolute Gasteiger partial charge is 0.484 e. The average Bonchev–Trinajstić information content (AvgIpc) is 2.99. The molecule has 4 nitrogen and oxygen atoms in total. The Labute approximate surface area is 127 Å². The van der Waals surface area contributed by atoms with E-state index in [9.17, 15) is 4.79 Å². The zero-order valence-corrected chi connectivity index (χ0v) is 12.9. The Hall–Kier alpha value is -1.55. The Bertz CT molecular complexity index is 442. The van der Waals surface area contributed by atoms with Crippen molar-refractivity contribution in [1.29, 1.82) is 0 Å². The summed E-state index contributed by atoms with van der Waals surface area (Å²) >= 11 is 0. The first-order valence-electron chi connectivity index (χ1n) is 7.93. The van der Waals surface area contributed by atoms with E-state index in [1.807, 2.05) is 31.2 Å². The lowest BCUT2D eigenvalue weighted by atomic mass is 10.2. The molecule has 116 valence electrons. The van der Waals surface area contributed by atoms with Crippen LogP contribution in [0.3, 0.4) is 0 Å². The SMILES string of the molecule is Cc1ccccc1OCC(=O)NCCCCN1CCCC1. The summed E-state index contributed by atoms with van der Waals surface area (Å²) in [6, 6.07) is 7.74. The lowest BCUT2D eigenvalue weighted by molar-refractivity contribution is -0.123. The fourth-order valence-corrected chi connectivity index (χ4v) is 2.61. The van der Waals surface area contributed by atoms with Crippen LogP contribution in [-0.2, 0) is 4.79 Å². The Kier molecular flexibility index (Phi) is 6.54. The second-order valence-electron chi connectivity index (χ2n) is 5.66. The average molecular weight is 290 g/mol. The summed E-state index contributed by atoms with van der Waals surface area (Å²) < 4.78 is 5.52. The minimum atomic E-state index is -0.0422. The molecule has 0 aliphatic carbocycles. The van der Waals surface area contributed by atoms with Crippen LogP contribution in [0.4, 0.5) is 0 Å². The van der Waals surface area contributed by atoms with Crippen LogP contribution in [0.15, 0.2) is 24.3 Å². The summed E-state index contributed by atoms with van der Waals surface area (Å²) in [5.41, 5.74) is 1.05. The number of hydrogen-bond acceptors (Lipinski definition) is 3. The molecule has 0 bridgehead atoms. The third-order valence-electron chi connectivity index (χ3n) is 3.87. The lowest BCUT2D eigenvalue weighted by Crippen LogP contribution is -2.30. The molecular formula is C17H26N2O2. The Morgan fingerprint density at radius 1 is 1.24 bits per heavy atom. The van der Waals surface area contributed by atoms with E-state index in [0.717, 1.165) is 37.2 Å². The molecule has 0 spiro atoms. The van der Waals surface area contributed by atoms with Crippen molar-refractivity contribution in [3.8, 4) is 5.75 Å². The Morgan fingerprint density at radius 3 is 2.76 bits per heavy atom. The molecule has 0 unspecified atom stereocenters. The van der Waals surface area contributed by atoms with Crippen molar-refractivity contribution in [3.05, 3.63) is 29.8 Å². The van der Waals surface area contributed by atoms with Gasteiger partial charge in [-0.1, -0.05) is 18.2 Å². The van der Waals surface area contributed by atoms with Gasteiger partial charge in [0.1, 0.15) is 5.75 Å². The van der Waals surface area contributed by atoms with Gasteiger partial charge in [0.15, 0.2) is 6.61 Å². The molecule has 0 aromatic heterocycles. The van der Waals surface area contributed by atoms with Crippen LogP contribution < -0.4 is 10.1 Å². The molecule has 0 atom stereocenters. The third kappa shape index (κ3) is 5.76. The zero-order valence-electron chi connectivity index (χ0n) is 12.9. The molecular weight excluding hydrogens is 264 g/mol. The first kappa shape index (κ1) is 15.8. The molecule has 1 fully saturated rings. The van der Waals surface area contributed by atoms with Crippen molar-refractivity contribution in [1.82, 2.24) is 10.2 Å². The predicted octanol–water partition coefficient (Wildman–Crippen LogP) is 2.37. The van der Waals surface area contributed by atoms with E-state index >= 15 is 0 Å². The number of para-hydroxylation sites is 1. The summed E-state index contributed by atoms with van der Waals surface area (Å²) in [6.45, 7) is 6.47. The molecule has 1 N–H and O–H groups in total. The van der Waals surface area contributed by atoms with Crippen LogP contribution in [0.2, 0.25) is 0 Å².